The molecule has 2 aromatic rings. The van der Waals surface area contributed by atoms with Gasteiger partial charge in [-0.2, -0.15) is 0 Å². The maximum Gasteiger partial charge on any atom is 0.222 e. The summed E-state index contributed by atoms with van der Waals surface area (Å²) in [5, 5.41) is 0. The SMILES string of the molecule is C[C](C)([AlH2])C(c1ccccc1)c1ccccc1. The Balaban J connectivity index is 2.48. The summed E-state index contributed by atoms with van der Waals surface area (Å²) >= 11 is 1.18. The molecule has 0 atom stereocenters. The highest BCUT2D eigenvalue weighted by Gasteiger charge is 2.27. The van der Waals surface area contributed by atoms with E-state index in [1.54, 1.807) is 0 Å². The number of benzene rings is 2. The van der Waals surface area contributed by atoms with Crippen molar-refractivity contribution in [3.05, 3.63) is 71.8 Å². The van der Waals surface area contributed by atoms with Crippen LogP contribution in [0.1, 0.15) is 30.9 Å². The van der Waals surface area contributed by atoms with Crippen molar-refractivity contribution in [1.82, 2.24) is 0 Å². The zero-order chi connectivity index (χ0) is 12.3. The first-order chi connectivity index (χ1) is 8.09. The lowest BCUT2D eigenvalue weighted by Gasteiger charge is -2.32. The van der Waals surface area contributed by atoms with Gasteiger partial charge in [0.25, 0.3) is 0 Å². The van der Waals surface area contributed by atoms with Crippen LogP contribution >= 0.6 is 0 Å². The summed E-state index contributed by atoms with van der Waals surface area (Å²) in [7, 11) is 0. The molecule has 17 heavy (non-hydrogen) atoms. The van der Waals surface area contributed by atoms with Gasteiger partial charge in [-0.1, -0.05) is 78.8 Å². The van der Waals surface area contributed by atoms with E-state index in [9.17, 15) is 0 Å². The summed E-state index contributed by atoms with van der Waals surface area (Å²) in [4.78, 5) is 0. The lowest BCUT2D eigenvalue weighted by atomic mass is 9.82. The highest BCUT2D eigenvalue weighted by Crippen LogP contribution is 2.43. The molecule has 0 nitrogen and oxygen atoms in total. The fourth-order valence-corrected chi connectivity index (χ4v) is 3.15. The van der Waals surface area contributed by atoms with Crippen LogP contribution in [0.3, 0.4) is 0 Å². The van der Waals surface area contributed by atoms with Crippen LogP contribution in [-0.4, -0.2) is 16.3 Å². The zero-order valence-corrected chi connectivity index (χ0v) is 12.9. The van der Waals surface area contributed by atoms with Crippen LogP contribution in [0.25, 0.3) is 0 Å². The maximum atomic E-state index is 2.36. The van der Waals surface area contributed by atoms with E-state index < -0.39 is 0 Å². The lowest BCUT2D eigenvalue weighted by Crippen LogP contribution is -2.16. The molecule has 0 N–H and O–H groups in total. The monoisotopic (exact) mass is 238 g/mol. The van der Waals surface area contributed by atoms with E-state index in [1.807, 2.05) is 0 Å². The van der Waals surface area contributed by atoms with Gasteiger partial charge in [-0.3, -0.25) is 0 Å². The normalized spacial score (nSPS) is 11.7. The van der Waals surface area contributed by atoms with Gasteiger partial charge < -0.3 is 0 Å². The van der Waals surface area contributed by atoms with Crippen LogP contribution in [0.15, 0.2) is 60.7 Å². The third kappa shape index (κ3) is 3.00. The fraction of sp³-hybridized carbons (Fsp3) is 0.250. The zero-order valence-electron chi connectivity index (χ0n) is 10.9. The molecule has 1 heteroatoms. The third-order valence-corrected chi connectivity index (χ3v) is 3.71. The Labute approximate surface area is 112 Å². The van der Waals surface area contributed by atoms with E-state index in [-0.39, 0.29) is 0 Å². The second-order valence-corrected chi connectivity index (χ2v) is 8.20. The Hall–Kier alpha value is -1.03. The summed E-state index contributed by atoms with van der Waals surface area (Å²) in [6.07, 6.45) is 0. The molecule has 0 aliphatic rings. The summed E-state index contributed by atoms with van der Waals surface area (Å²) in [6, 6.07) is 21.7. The first-order valence-electron chi connectivity index (χ1n) is 6.19. The molecule has 0 aromatic heterocycles. The number of hydrogen-bond acceptors (Lipinski definition) is 0. The maximum absolute atomic E-state index is 2.36. The molecule has 0 radical (unpaired) electrons. The van der Waals surface area contributed by atoms with Gasteiger partial charge in [0, 0.05) is 5.92 Å². The molecule has 0 saturated heterocycles. The molecule has 0 fully saturated rings. The highest BCUT2D eigenvalue weighted by molar-refractivity contribution is 6.15. The Morgan fingerprint density at radius 2 is 1.12 bits per heavy atom. The van der Waals surface area contributed by atoms with E-state index in [2.05, 4.69) is 74.5 Å². The first kappa shape index (κ1) is 12.4. The summed E-state index contributed by atoms with van der Waals surface area (Å²) < 4.78 is 0.364. The van der Waals surface area contributed by atoms with Crippen molar-refractivity contribution >= 4 is 16.3 Å². The standard InChI is InChI=1S/C16H17.Al.2H/c1-13(2)16(14-9-5-3-6-10-14)15-11-7-4-8-12-15;;;/h3-12,16H,1-2H3;;;. The van der Waals surface area contributed by atoms with Crippen LogP contribution < -0.4 is 0 Å². The van der Waals surface area contributed by atoms with Crippen LogP contribution in [-0.2, 0) is 0 Å². The van der Waals surface area contributed by atoms with Gasteiger partial charge in [-0.05, 0) is 11.1 Å². The van der Waals surface area contributed by atoms with Gasteiger partial charge in [0.1, 0.15) is 0 Å². The summed E-state index contributed by atoms with van der Waals surface area (Å²) in [5.41, 5.74) is 2.86. The van der Waals surface area contributed by atoms with Crippen molar-refractivity contribution in [3.8, 4) is 0 Å². The molecule has 0 saturated carbocycles. The van der Waals surface area contributed by atoms with E-state index in [0.717, 1.165) is 0 Å². The van der Waals surface area contributed by atoms with Crippen molar-refractivity contribution in [2.24, 2.45) is 0 Å². The van der Waals surface area contributed by atoms with E-state index in [1.165, 1.54) is 27.4 Å². The minimum absolute atomic E-state index is 0.364. The van der Waals surface area contributed by atoms with Gasteiger partial charge in [0.15, 0.2) is 0 Å². The predicted molar refractivity (Wildman–Crippen MR) is 77.3 cm³/mol. The Morgan fingerprint density at radius 1 is 0.765 bits per heavy atom. The largest absolute Gasteiger partial charge is 0.222 e. The van der Waals surface area contributed by atoms with Crippen molar-refractivity contribution in [2.45, 2.75) is 24.0 Å². The molecule has 0 amide bonds. The topological polar surface area (TPSA) is 0 Å². The fourth-order valence-electron chi connectivity index (χ4n) is 2.48. The lowest BCUT2D eigenvalue weighted by molar-refractivity contribution is 0.590. The predicted octanol–water partition coefficient (Wildman–Crippen LogP) is 3.65. The quantitative estimate of drug-likeness (QED) is 0.716. The molecular weight excluding hydrogens is 219 g/mol. The molecule has 0 heterocycles. The Morgan fingerprint density at radius 3 is 1.41 bits per heavy atom. The Bertz CT molecular complexity index is 414. The highest BCUT2D eigenvalue weighted by atomic mass is 27.0. The molecule has 0 spiro atoms. The van der Waals surface area contributed by atoms with E-state index >= 15 is 0 Å². The van der Waals surface area contributed by atoms with Gasteiger partial charge in [-0.15, -0.1) is 0 Å². The molecule has 86 valence electrons. The van der Waals surface area contributed by atoms with Crippen LogP contribution in [0.4, 0.5) is 0 Å². The second-order valence-electron chi connectivity index (χ2n) is 5.62. The molecule has 2 rings (SSSR count). The molecule has 0 unspecified atom stereocenters. The van der Waals surface area contributed by atoms with E-state index in [4.69, 9.17) is 0 Å². The van der Waals surface area contributed by atoms with Gasteiger partial charge in [0.2, 0.25) is 16.3 Å². The van der Waals surface area contributed by atoms with Crippen molar-refractivity contribution in [2.75, 3.05) is 0 Å². The summed E-state index contributed by atoms with van der Waals surface area (Å²) in [6.45, 7) is 4.73. The number of hydrogen-bond donors (Lipinski definition) is 0. The van der Waals surface area contributed by atoms with Crippen LogP contribution in [0.2, 0.25) is 4.28 Å². The summed E-state index contributed by atoms with van der Waals surface area (Å²) in [5.74, 6) is 0.511. The van der Waals surface area contributed by atoms with Gasteiger partial charge in [-0.25, -0.2) is 0 Å². The smallest absolute Gasteiger partial charge is 0.0746 e. The van der Waals surface area contributed by atoms with E-state index in [0.29, 0.717) is 10.2 Å². The molecule has 2 aromatic carbocycles. The van der Waals surface area contributed by atoms with Crippen LogP contribution in [0, 0.1) is 0 Å². The average molecular weight is 238 g/mol. The second kappa shape index (κ2) is 5.09. The van der Waals surface area contributed by atoms with Crippen molar-refractivity contribution < 1.29 is 0 Å². The third-order valence-electron chi connectivity index (χ3n) is 3.13. The molecule has 0 bridgehead atoms. The van der Waals surface area contributed by atoms with Crippen molar-refractivity contribution in [3.63, 3.8) is 0 Å². The minimum Gasteiger partial charge on any atom is -0.0746 e. The van der Waals surface area contributed by atoms with Gasteiger partial charge >= 0.3 is 0 Å². The van der Waals surface area contributed by atoms with Crippen LogP contribution in [0.5, 0.6) is 0 Å². The van der Waals surface area contributed by atoms with Crippen molar-refractivity contribution in [1.29, 1.82) is 0 Å². The molecule has 0 aliphatic heterocycles. The molecular formula is C16H19Al. The average Bonchev–Trinajstić information content (AvgIpc) is 2.30. The van der Waals surface area contributed by atoms with Gasteiger partial charge in [0.05, 0.1) is 0 Å². The molecule has 0 aliphatic carbocycles. The first-order valence-corrected chi connectivity index (χ1v) is 7.19. The number of rotatable bonds is 3. The minimum atomic E-state index is 0.364. The Kier molecular flexibility index (Phi) is 3.72.